The van der Waals surface area contributed by atoms with E-state index in [2.05, 4.69) is 106 Å². The fourth-order valence-electron chi connectivity index (χ4n) is 7.17. The summed E-state index contributed by atoms with van der Waals surface area (Å²) >= 11 is 0. The highest BCUT2D eigenvalue weighted by Gasteiger charge is 2.47. The molecule has 0 radical (unpaired) electrons. The van der Waals surface area contributed by atoms with Gasteiger partial charge in [-0.1, -0.05) is 58.7 Å². The van der Waals surface area contributed by atoms with Crippen LogP contribution in [0.3, 0.4) is 0 Å². The molecule has 0 nitrogen and oxygen atoms in total. The van der Waals surface area contributed by atoms with Crippen LogP contribution >= 0.6 is 0 Å². The van der Waals surface area contributed by atoms with Crippen LogP contribution in [0.2, 0.25) is 0 Å². The number of fused-ring (bicyclic) bond motifs is 3. The van der Waals surface area contributed by atoms with Crippen molar-refractivity contribution in [3.05, 3.63) is 103 Å². The van der Waals surface area contributed by atoms with Crippen LogP contribution in [0.4, 0.5) is 0 Å². The van der Waals surface area contributed by atoms with Crippen molar-refractivity contribution in [2.75, 3.05) is 0 Å². The van der Waals surface area contributed by atoms with Crippen molar-refractivity contribution in [2.45, 2.75) is 86.5 Å². The standard InChI is InChI=1S/C33H38/c1-18-19(2)23(6)32(9,22(18)5)30-16-15-28-27-14-12-11-13-26(27)17-29(28)31(30)33(10)24(7)20(3)21(4)25(33)8/h11-16H,17H2,1-10H3. The minimum absolute atomic E-state index is 0.0682. The topological polar surface area (TPSA) is 0 Å². The molecule has 2 aromatic rings. The number of rotatable bonds is 2. The summed E-state index contributed by atoms with van der Waals surface area (Å²) in [4.78, 5) is 0. The fourth-order valence-corrected chi connectivity index (χ4v) is 7.17. The molecule has 2 aromatic carbocycles. The molecular weight excluding hydrogens is 396 g/mol. The van der Waals surface area contributed by atoms with E-state index in [0.29, 0.717) is 0 Å². The maximum atomic E-state index is 2.50. The molecule has 0 amide bonds. The molecule has 0 saturated heterocycles. The van der Waals surface area contributed by atoms with Crippen LogP contribution in [0, 0.1) is 0 Å². The maximum absolute atomic E-state index is 2.50. The summed E-state index contributed by atoms with van der Waals surface area (Å²) in [6, 6.07) is 13.9. The molecule has 0 saturated carbocycles. The van der Waals surface area contributed by atoms with E-state index in [1.165, 1.54) is 66.8 Å². The van der Waals surface area contributed by atoms with E-state index < -0.39 is 0 Å². The Bertz CT molecular complexity index is 1310. The minimum atomic E-state index is -0.0785. The number of benzene rings is 2. The lowest BCUT2D eigenvalue weighted by Gasteiger charge is -2.40. The molecule has 0 fully saturated rings. The van der Waals surface area contributed by atoms with Crippen molar-refractivity contribution >= 4 is 0 Å². The van der Waals surface area contributed by atoms with Gasteiger partial charge in [0.15, 0.2) is 0 Å². The summed E-state index contributed by atoms with van der Waals surface area (Å²) in [5.74, 6) is 0. The van der Waals surface area contributed by atoms with Gasteiger partial charge in [0.2, 0.25) is 0 Å². The molecule has 0 heterocycles. The van der Waals surface area contributed by atoms with E-state index >= 15 is 0 Å². The van der Waals surface area contributed by atoms with Gasteiger partial charge >= 0.3 is 0 Å². The molecule has 0 atom stereocenters. The smallest absolute Gasteiger partial charge is 0.0354 e. The number of allylic oxidation sites excluding steroid dienone is 8. The molecule has 3 aliphatic carbocycles. The van der Waals surface area contributed by atoms with Crippen LogP contribution < -0.4 is 0 Å². The first-order valence-electron chi connectivity index (χ1n) is 12.4. The van der Waals surface area contributed by atoms with Gasteiger partial charge in [0, 0.05) is 10.8 Å². The Morgan fingerprint density at radius 3 is 1.58 bits per heavy atom. The molecule has 5 rings (SSSR count). The summed E-state index contributed by atoms with van der Waals surface area (Å²) in [7, 11) is 0. The number of hydrogen-bond acceptors (Lipinski definition) is 0. The summed E-state index contributed by atoms with van der Waals surface area (Å²) < 4.78 is 0. The molecule has 0 bridgehead atoms. The van der Waals surface area contributed by atoms with Gasteiger partial charge in [-0.2, -0.15) is 0 Å². The molecule has 33 heavy (non-hydrogen) atoms. The molecular formula is C33H38. The third kappa shape index (κ3) is 2.53. The van der Waals surface area contributed by atoms with Gasteiger partial charge in [0.05, 0.1) is 0 Å². The van der Waals surface area contributed by atoms with Gasteiger partial charge in [0.1, 0.15) is 0 Å². The van der Waals surface area contributed by atoms with Gasteiger partial charge in [-0.25, -0.2) is 0 Å². The van der Waals surface area contributed by atoms with Crippen LogP contribution in [0.5, 0.6) is 0 Å². The second kappa shape index (κ2) is 6.95. The predicted octanol–water partition coefficient (Wildman–Crippen LogP) is 9.15. The zero-order chi connectivity index (χ0) is 24.0. The Balaban J connectivity index is 1.92. The Hall–Kier alpha value is -2.60. The van der Waals surface area contributed by atoms with E-state index in [9.17, 15) is 0 Å². The summed E-state index contributed by atoms with van der Waals surface area (Å²) in [6.45, 7) is 23.7. The monoisotopic (exact) mass is 434 g/mol. The summed E-state index contributed by atoms with van der Waals surface area (Å²) in [6.07, 6.45) is 1.03. The Morgan fingerprint density at radius 1 is 0.545 bits per heavy atom. The van der Waals surface area contributed by atoms with Crippen molar-refractivity contribution < 1.29 is 0 Å². The van der Waals surface area contributed by atoms with E-state index in [4.69, 9.17) is 0 Å². The zero-order valence-corrected chi connectivity index (χ0v) is 22.2. The van der Waals surface area contributed by atoms with Gasteiger partial charge in [-0.15, -0.1) is 0 Å². The molecule has 0 heteroatoms. The summed E-state index contributed by atoms with van der Waals surface area (Å²) in [5.41, 5.74) is 20.7. The van der Waals surface area contributed by atoms with Crippen LogP contribution in [0.15, 0.2) is 81.0 Å². The minimum Gasteiger partial charge on any atom is -0.0619 e. The predicted molar refractivity (Wildman–Crippen MR) is 143 cm³/mol. The van der Waals surface area contributed by atoms with Crippen LogP contribution in [0.25, 0.3) is 11.1 Å². The lowest BCUT2D eigenvalue weighted by Crippen LogP contribution is -2.33. The second-order valence-corrected chi connectivity index (χ2v) is 11.1. The maximum Gasteiger partial charge on any atom is 0.0354 e. The first-order chi connectivity index (χ1) is 15.5. The highest BCUT2D eigenvalue weighted by Crippen LogP contribution is 2.58. The highest BCUT2D eigenvalue weighted by atomic mass is 14.5. The van der Waals surface area contributed by atoms with Gasteiger partial charge in [-0.3, -0.25) is 0 Å². The molecule has 0 aliphatic heterocycles. The van der Waals surface area contributed by atoms with E-state index in [0.717, 1.165) is 6.42 Å². The van der Waals surface area contributed by atoms with Crippen molar-refractivity contribution in [1.29, 1.82) is 0 Å². The van der Waals surface area contributed by atoms with Crippen LogP contribution in [-0.2, 0) is 17.3 Å². The Kier molecular flexibility index (Phi) is 4.68. The molecule has 170 valence electrons. The fraction of sp³-hybridized carbons (Fsp3) is 0.394. The molecule has 0 unspecified atom stereocenters. The largest absolute Gasteiger partial charge is 0.0619 e. The Labute approximate surface area is 200 Å². The lowest BCUT2D eigenvalue weighted by molar-refractivity contribution is 0.600. The Morgan fingerprint density at radius 2 is 1.03 bits per heavy atom. The highest BCUT2D eigenvalue weighted by molar-refractivity contribution is 5.82. The van der Waals surface area contributed by atoms with Crippen molar-refractivity contribution in [1.82, 2.24) is 0 Å². The quantitative estimate of drug-likeness (QED) is 0.377. The summed E-state index contributed by atoms with van der Waals surface area (Å²) in [5, 5.41) is 0. The molecule has 0 aromatic heterocycles. The third-order valence-electron chi connectivity index (χ3n) is 10.4. The van der Waals surface area contributed by atoms with Crippen LogP contribution in [0.1, 0.15) is 91.5 Å². The third-order valence-corrected chi connectivity index (χ3v) is 10.4. The van der Waals surface area contributed by atoms with Crippen molar-refractivity contribution in [2.24, 2.45) is 0 Å². The zero-order valence-electron chi connectivity index (χ0n) is 22.2. The van der Waals surface area contributed by atoms with E-state index in [1.54, 1.807) is 11.1 Å². The van der Waals surface area contributed by atoms with Gasteiger partial charge in [0.25, 0.3) is 0 Å². The second-order valence-electron chi connectivity index (χ2n) is 11.1. The first-order valence-corrected chi connectivity index (χ1v) is 12.4. The molecule has 0 N–H and O–H groups in total. The lowest BCUT2D eigenvalue weighted by atomic mass is 9.62. The number of hydrogen-bond donors (Lipinski definition) is 0. The van der Waals surface area contributed by atoms with E-state index in [1.807, 2.05) is 0 Å². The SMILES string of the molecule is CC1=C(C)C(C)(c2ccc3c(c2C2(C)C(C)=C(C)C(C)=C2C)Cc2ccccc2-3)C(C)=C1C. The van der Waals surface area contributed by atoms with Gasteiger partial charge in [-0.05, 0) is 131 Å². The average molecular weight is 435 g/mol. The normalized spacial score (nSPS) is 20.9. The van der Waals surface area contributed by atoms with Crippen molar-refractivity contribution in [3.63, 3.8) is 0 Å². The van der Waals surface area contributed by atoms with E-state index in [-0.39, 0.29) is 10.8 Å². The molecule has 0 spiro atoms. The average Bonchev–Trinajstić information content (AvgIpc) is 3.32. The van der Waals surface area contributed by atoms with Crippen molar-refractivity contribution in [3.8, 4) is 11.1 Å². The first kappa shape index (κ1) is 22.2. The molecule has 3 aliphatic rings. The van der Waals surface area contributed by atoms with Crippen LogP contribution in [-0.4, -0.2) is 0 Å². The van der Waals surface area contributed by atoms with Gasteiger partial charge < -0.3 is 0 Å².